The number of carbonyl (C=O) groups excluding carboxylic acids is 1. The number of hydrogen-bond acceptors (Lipinski definition) is 6. The van der Waals surface area contributed by atoms with Crippen molar-refractivity contribution >= 4 is 28.9 Å². The molecule has 2 aliphatic heterocycles. The Hall–Kier alpha value is -3.36. The lowest BCUT2D eigenvalue weighted by molar-refractivity contribution is -0.113. The fourth-order valence-corrected chi connectivity index (χ4v) is 5.24. The molecule has 2 unspecified atom stereocenters. The highest BCUT2D eigenvalue weighted by molar-refractivity contribution is 8.18. The maximum Gasteiger partial charge on any atom is 0.286 e. The topological polar surface area (TPSA) is 68.9 Å². The van der Waals surface area contributed by atoms with E-state index in [4.69, 9.17) is 14.6 Å². The van der Waals surface area contributed by atoms with Crippen molar-refractivity contribution in [3.05, 3.63) is 71.3 Å². The third kappa shape index (κ3) is 5.18. The van der Waals surface area contributed by atoms with E-state index < -0.39 is 0 Å². The Bertz CT molecular complexity index is 1260. The lowest BCUT2D eigenvalue weighted by atomic mass is 10.1. The van der Waals surface area contributed by atoms with Crippen LogP contribution in [0.4, 0.5) is 0 Å². The van der Waals surface area contributed by atoms with Crippen LogP contribution < -0.4 is 4.74 Å². The SMILES string of the molecule is CCOc1ccc(-c2nn(-c3ccccc3)cc2C=C2SC(N3CC(C)OC(C)C3)=NC2=O)cc1. The summed E-state index contributed by atoms with van der Waals surface area (Å²) in [6, 6.07) is 17.8. The van der Waals surface area contributed by atoms with Gasteiger partial charge in [-0.25, -0.2) is 4.68 Å². The average molecular weight is 489 g/mol. The molecule has 1 fully saturated rings. The fraction of sp³-hybridized carbons (Fsp3) is 0.296. The molecular formula is C27H28N4O3S. The monoisotopic (exact) mass is 488 g/mol. The Balaban J connectivity index is 1.48. The minimum atomic E-state index is -0.220. The Morgan fingerprint density at radius 1 is 1.09 bits per heavy atom. The van der Waals surface area contributed by atoms with Crippen molar-refractivity contribution in [2.24, 2.45) is 4.99 Å². The zero-order chi connectivity index (χ0) is 24.4. The second kappa shape index (κ2) is 10.1. The predicted octanol–water partition coefficient (Wildman–Crippen LogP) is 5.02. The standard InChI is InChI=1S/C27H28N4O3S/c1-4-33-23-12-10-20(11-13-23)25-21(17-31(29-25)22-8-6-5-7-9-22)14-24-26(32)28-27(35-24)30-15-18(2)34-19(3)16-30/h5-14,17-19H,4,15-16H2,1-3H3. The summed E-state index contributed by atoms with van der Waals surface area (Å²) >= 11 is 1.42. The molecule has 0 N–H and O–H groups in total. The second-order valence-electron chi connectivity index (χ2n) is 8.64. The van der Waals surface area contributed by atoms with Crippen LogP contribution in [0, 0.1) is 0 Å². The molecule has 3 heterocycles. The van der Waals surface area contributed by atoms with Gasteiger partial charge in [0.25, 0.3) is 5.91 Å². The Morgan fingerprint density at radius 2 is 1.80 bits per heavy atom. The first kappa shape index (κ1) is 23.4. The fourth-order valence-electron chi connectivity index (χ4n) is 4.31. The zero-order valence-electron chi connectivity index (χ0n) is 20.0. The van der Waals surface area contributed by atoms with Crippen LogP contribution >= 0.6 is 11.8 Å². The van der Waals surface area contributed by atoms with Gasteiger partial charge >= 0.3 is 0 Å². The van der Waals surface area contributed by atoms with Crippen LogP contribution in [-0.4, -0.2) is 57.7 Å². The van der Waals surface area contributed by atoms with Crippen molar-refractivity contribution in [1.82, 2.24) is 14.7 Å². The number of thioether (sulfide) groups is 1. The molecule has 5 rings (SSSR count). The van der Waals surface area contributed by atoms with Crippen LogP contribution in [0.2, 0.25) is 0 Å². The Labute approximate surface area is 209 Å². The summed E-state index contributed by atoms with van der Waals surface area (Å²) in [4.78, 5) is 19.9. The molecule has 8 heteroatoms. The van der Waals surface area contributed by atoms with E-state index in [1.54, 1.807) is 0 Å². The van der Waals surface area contributed by atoms with Gasteiger partial charge in [0, 0.05) is 30.4 Å². The average Bonchev–Trinajstić information content (AvgIpc) is 3.44. The van der Waals surface area contributed by atoms with Crippen molar-refractivity contribution in [2.45, 2.75) is 33.0 Å². The van der Waals surface area contributed by atoms with Crippen LogP contribution in [0.25, 0.3) is 23.0 Å². The number of amidine groups is 1. The Kier molecular flexibility index (Phi) is 6.74. The van der Waals surface area contributed by atoms with E-state index in [0.29, 0.717) is 11.5 Å². The molecule has 35 heavy (non-hydrogen) atoms. The Morgan fingerprint density at radius 3 is 2.49 bits per heavy atom. The number of morpholine rings is 1. The largest absolute Gasteiger partial charge is 0.494 e. The van der Waals surface area contributed by atoms with Crippen LogP contribution in [0.1, 0.15) is 26.3 Å². The van der Waals surface area contributed by atoms with E-state index in [1.165, 1.54) is 11.8 Å². The summed E-state index contributed by atoms with van der Waals surface area (Å²) in [6.07, 6.45) is 4.05. The maximum absolute atomic E-state index is 12.9. The number of benzene rings is 2. The molecule has 0 bridgehead atoms. The molecule has 1 saturated heterocycles. The van der Waals surface area contributed by atoms with Gasteiger partial charge in [0.05, 0.1) is 35.1 Å². The first-order valence-corrected chi connectivity index (χ1v) is 12.6. The van der Waals surface area contributed by atoms with Gasteiger partial charge < -0.3 is 14.4 Å². The third-order valence-electron chi connectivity index (χ3n) is 5.79. The summed E-state index contributed by atoms with van der Waals surface area (Å²) in [5, 5.41) is 5.61. The van der Waals surface area contributed by atoms with Crippen LogP contribution in [0.5, 0.6) is 5.75 Å². The maximum atomic E-state index is 12.9. The highest BCUT2D eigenvalue weighted by Gasteiger charge is 2.31. The smallest absolute Gasteiger partial charge is 0.286 e. The van der Waals surface area contributed by atoms with Crippen LogP contribution in [-0.2, 0) is 9.53 Å². The summed E-state index contributed by atoms with van der Waals surface area (Å²) in [6.45, 7) is 8.11. The molecule has 0 saturated carbocycles. The highest BCUT2D eigenvalue weighted by atomic mass is 32.2. The number of ether oxygens (including phenoxy) is 2. The molecular weight excluding hydrogens is 460 g/mol. The molecule has 2 aromatic carbocycles. The third-order valence-corrected chi connectivity index (χ3v) is 6.83. The molecule has 0 spiro atoms. The molecule has 1 aromatic heterocycles. The van der Waals surface area contributed by atoms with Crippen molar-refractivity contribution in [2.75, 3.05) is 19.7 Å². The minimum absolute atomic E-state index is 0.0977. The van der Waals surface area contributed by atoms with Crippen molar-refractivity contribution < 1.29 is 14.3 Å². The van der Waals surface area contributed by atoms with Gasteiger partial charge in [0.15, 0.2) is 5.17 Å². The number of rotatable bonds is 5. The van der Waals surface area contributed by atoms with Crippen molar-refractivity contribution in [3.8, 4) is 22.7 Å². The van der Waals surface area contributed by atoms with E-state index >= 15 is 0 Å². The van der Waals surface area contributed by atoms with Gasteiger partial charge in [-0.1, -0.05) is 18.2 Å². The van der Waals surface area contributed by atoms with E-state index in [-0.39, 0.29) is 18.1 Å². The summed E-state index contributed by atoms with van der Waals surface area (Å²) in [5.41, 5.74) is 3.54. The molecule has 0 aliphatic carbocycles. The number of para-hydroxylation sites is 1. The quantitative estimate of drug-likeness (QED) is 0.470. The number of aromatic nitrogens is 2. The lowest BCUT2D eigenvalue weighted by Crippen LogP contribution is -2.47. The number of aliphatic imine (C=N–C) groups is 1. The highest BCUT2D eigenvalue weighted by Crippen LogP contribution is 2.34. The van der Waals surface area contributed by atoms with Crippen molar-refractivity contribution in [3.63, 3.8) is 0 Å². The minimum Gasteiger partial charge on any atom is -0.494 e. The lowest BCUT2D eigenvalue weighted by Gasteiger charge is -2.35. The van der Waals surface area contributed by atoms with Crippen LogP contribution in [0.3, 0.4) is 0 Å². The van der Waals surface area contributed by atoms with Crippen molar-refractivity contribution in [1.29, 1.82) is 0 Å². The number of carbonyl (C=O) groups is 1. The first-order valence-electron chi connectivity index (χ1n) is 11.8. The van der Waals surface area contributed by atoms with Gasteiger partial charge in [-0.05, 0) is 75.0 Å². The van der Waals surface area contributed by atoms with E-state index in [9.17, 15) is 4.79 Å². The second-order valence-corrected chi connectivity index (χ2v) is 9.65. The molecule has 3 aromatic rings. The van der Waals surface area contributed by atoms with Gasteiger partial charge in [-0.15, -0.1) is 0 Å². The first-order chi connectivity index (χ1) is 17.0. The number of hydrogen-bond donors (Lipinski definition) is 0. The molecule has 7 nitrogen and oxygen atoms in total. The molecule has 0 radical (unpaired) electrons. The van der Waals surface area contributed by atoms with Gasteiger partial charge in [-0.2, -0.15) is 10.1 Å². The summed E-state index contributed by atoms with van der Waals surface area (Å²) < 4.78 is 13.3. The number of amides is 1. The normalized spacial score (nSPS) is 21.5. The molecule has 1 amide bonds. The van der Waals surface area contributed by atoms with E-state index in [0.717, 1.165) is 46.5 Å². The predicted molar refractivity (Wildman–Crippen MR) is 140 cm³/mol. The van der Waals surface area contributed by atoms with E-state index in [1.807, 2.05) is 92.3 Å². The van der Waals surface area contributed by atoms with Gasteiger partial charge in [0.1, 0.15) is 5.75 Å². The van der Waals surface area contributed by atoms with Crippen LogP contribution in [0.15, 0.2) is 70.7 Å². The zero-order valence-corrected chi connectivity index (χ0v) is 20.9. The van der Waals surface area contributed by atoms with Gasteiger partial charge in [-0.3, -0.25) is 4.79 Å². The molecule has 2 aliphatic rings. The summed E-state index contributed by atoms with van der Waals surface area (Å²) in [7, 11) is 0. The van der Waals surface area contributed by atoms with Gasteiger partial charge in [0.2, 0.25) is 0 Å². The number of nitrogens with zero attached hydrogens (tertiary/aromatic N) is 4. The van der Waals surface area contributed by atoms with E-state index in [2.05, 4.69) is 9.89 Å². The molecule has 2 atom stereocenters. The summed E-state index contributed by atoms with van der Waals surface area (Å²) in [5.74, 6) is 0.592. The molecule has 180 valence electrons.